The molecule has 2 rings (SSSR count). The zero-order chi connectivity index (χ0) is 20.0. The highest BCUT2D eigenvalue weighted by Crippen LogP contribution is 2.44. The third-order valence-corrected chi connectivity index (χ3v) is 6.44. The molecule has 0 spiro atoms. The van der Waals surface area contributed by atoms with Crippen molar-refractivity contribution < 1.29 is 20.1 Å². The number of phenols is 1. The summed E-state index contributed by atoms with van der Waals surface area (Å²) in [6, 6.07) is 5.89. The van der Waals surface area contributed by atoms with E-state index in [9.17, 15) is 20.1 Å². The second kappa shape index (κ2) is 9.59. The number of benzene rings is 1. The van der Waals surface area contributed by atoms with Crippen LogP contribution in [0.15, 0.2) is 18.2 Å². The van der Waals surface area contributed by atoms with Crippen molar-refractivity contribution in [2.75, 3.05) is 6.61 Å². The minimum atomic E-state index is -0.777. The summed E-state index contributed by atoms with van der Waals surface area (Å²) < 4.78 is 0. The molecule has 0 aromatic heterocycles. The Labute approximate surface area is 163 Å². The SMILES string of the molecule is CCCCCCC(C)(C)c1ccc([C@@H]2C[C@H](C(=O)O)CC[C@H]2CO)c(O)c1. The Morgan fingerprint density at radius 1 is 1.19 bits per heavy atom. The molecule has 0 aliphatic heterocycles. The van der Waals surface area contributed by atoms with Crippen molar-refractivity contribution >= 4 is 5.97 Å². The van der Waals surface area contributed by atoms with Crippen LogP contribution in [0.2, 0.25) is 0 Å². The molecule has 0 bridgehead atoms. The Hall–Kier alpha value is -1.55. The molecule has 3 N–H and O–H groups in total. The summed E-state index contributed by atoms with van der Waals surface area (Å²) in [5.41, 5.74) is 1.90. The van der Waals surface area contributed by atoms with E-state index in [2.05, 4.69) is 26.8 Å². The smallest absolute Gasteiger partial charge is 0.306 e. The number of hydrogen-bond acceptors (Lipinski definition) is 3. The summed E-state index contributed by atoms with van der Waals surface area (Å²) in [5, 5.41) is 29.8. The molecule has 1 fully saturated rings. The maximum absolute atomic E-state index is 11.4. The number of phenolic OH excluding ortho intramolecular Hbond substituents is 1. The number of aromatic hydroxyl groups is 1. The lowest BCUT2D eigenvalue weighted by atomic mass is 9.70. The van der Waals surface area contributed by atoms with Gasteiger partial charge in [-0.15, -0.1) is 0 Å². The molecule has 1 aromatic rings. The number of aliphatic hydroxyl groups is 1. The van der Waals surface area contributed by atoms with E-state index < -0.39 is 11.9 Å². The number of carbonyl (C=O) groups is 1. The van der Waals surface area contributed by atoms with Gasteiger partial charge in [-0.3, -0.25) is 4.79 Å². The first-order valence-corrected chi connectivity index (χ1v) is 10.5. The summed E-state index contributed by atoms with van der Waals surface area (Å²) >= 11 is 0. The molecule has 1 aliphatic rings. The molecule has 0 radical (unpaired) electrons. The van der Waals surface area contributed by atoms with Gasteiger partial charge in [0, 0.05) is 6.61 Å². The van der Waals surface area contributed by atoms with Crippen molar-refractivity contribution in [1.29, 1.82) is 0 Å². The van der Waals surface area contributed by atoms with Crippen LogP contribution >= 0.6 is 0 Å². The number of aliphatic carboxylic acids is 1. The second-order valence-electron chi connectivity index (χ2n) is 8.87. The minimum absolute atomic E-state index is 0.00367. The van der Waals surface area contributed by atoms with Crippen molar-refractivity contribution in [2.24, 2.45) is 11.8 Å². The zero-order valence-corrected chi connectivity index (χ0v) is 17.1. The summed E-state index contributed by atoms with van der Waals surface area (Å²) in [6.07, 6.45) is 7.74. The Balaban J connectivity index is 2.17. The van der Waals surface area contributed by atoms with Gasteiger partial charge in [-0.25, -0.2) is 0 Å². The fourth-order valence-corrected chi connectivity index (χ4v) is 4.47. The van der Waals surface area contributed by atoms with E-state index >= 15 is 0 Å². The first-order valence-electron chi connectivity index (χ1n) is 10.5. The molecule has 0 saturated heterocycles. The Bertz CT molecular complexity index is 623. The first kappa shape index (κ1) is 21.7. The average Bonchev–Trinajstić information content (AvgIpc) is 2.64. The standard InChI is InChI=1S/C23H36O4/c1-4-5-6-7-12-23(2,3)18-10-11-19(21(25)14-18)20-13-16(22(26)27)8-9-17(20)15-24/h10-11,14,16-17,20,24-25H,4-9,12-13,15H2,1-3H3,(H,26,27)/t16-,17+,20-/m1/s1. The van der Waals surface area contributed by atoms with Gasteiger partial charge in [-0.1, -0.05) is 58.6 Å². The van der Waals surface area contributed by atoms with Crippen LogP contribution < -0.4 is 0 Å². The number of rotatable bonds is 9. The van der Waals surface area contributed by atoms with Gasteiger partial charge in [0.05, 0.1) is 5.92 Å². The van der Waals surface area contributed by atoms with Gasteiger partial charge in [0.2, 0.25) is 0 Å². The van der Waals surface area contributed by atoms with Crippen LogP contribution in [0.3, 0.4) is 0 Å². The third kappa shape index (κ3) is 5.47. The van der Waals surface area contributed by atoms with E-state index in [1.165, 1.54) is 25.7 Å². The lowest BCUT2D eigenvalue weighted by Gasteiger charge is -2.35. The molecule has 1 aliphatic carbocycles. The van der Waals surface area contributed by atoms with Crippen LogP contribution in [-0.4, -0.2) is 27.9 Å². The molecule has 0 heterocycles. The van der Waals surface area contributed by atoms with E-state index in [0.717, 1.165) is 17.5 Å². The van der Waals surface area contributed by atoms with Crippen molar-refractivity contribution in [3.63, 3.8) is 0 Å². The Kier molecular flexibility index (Phi) is 7.72. The van der Waals surface area contributed by atoms with Gasteiger partial charge < -0.3 is 15.3 Å². The predicted octanol–water partition coefficient (Wildman–Crippen LogP) is 5.22. The van der Waals surface area contributed by atoms with Crippen molar-refractivity contribution in [3.05, 3.63) is 29.3 Å². The van der Waals surface area contributed by atoms with Gasteiger partial charge in [0.25, 0.3) is 0 Å². The zero-order valence-electron chi connectivity index (χ0n) is 17.1. The number of carboxylic acid groups (broad SMARTS) is 1. The molecule has 1 saturated carbocycles. The Morgan fingerprint density at radius 3 is 2.52 bits per heavy atom. The minimum Gasteiger partial charge on any atom is -0.508 e. The molecular weight excluding hydrogens is 340 g/mol. The van der Waals surface area contributed by atoms with E-state index in [1.807, 2.05) is 12.1 Å². The van der Waals surface area contributed by atoms with E-state index in [4.69, 9.17) is 0 Å². The van der Waals surface area contributed by atoms with E-state index in [-0.39, 0.29) is 29.6 Å². The van der Waals surface area contributed by atoms with Crippen LogP contribution in [0.4, 0.5) is 0 Å². The van der Waals surface area contributed by atoms with Crippen LogP contribution in [0.5, 0.6) is 5.75 Å². The largest absolute Gasteiger partial charge is 0.508 e. The summed E-state index contributed by atoms with van der Waals surface area (Å²) in [5.74, 6) is -1.03. The fourth-order valence-electron chi connectivity index (χ4n) is 4.47. The average molecular weight is 377 g/mol. The molecule has 1 aromatic carbocycles. The molecule has 0 unspecified atom stereocenters. The van der Waals surface area contributed by atoms with Gasteiger partial charge in [0.15, 0.2) is 0 Å². The summed E-state index contributed by atoms with van der Waals surface area (Å²) in [6.45, 7) is 6.67. The molecule has 4 heteroatoms. The highest BCUT2D eigenvalue weighted by Gasteiger charge is 2.36. The molecule has 4 nitrogen and oxygen atoms in total. The van der Waals surface area contributed by atoms with Crippen molar-refractivity contribution in [2.45, 2.75) is 83.5 Å². The van der Waals surface area contributed by atoms with E-state index in [1.54, 1.807) is 0 Å². The maximum Gasteiger partial charge on any atom is 0.306 e. The Morgan fingerprint density at radius 2 is 1.93 bits per heavy atom. The summed E-state index contributed by atoms with van der Waals surface area (Å²) in [4.78, 5) is 11.4. The predicted molar refractivity (Wildman–Crippen MR) is 108 cm³/mol. The molecule has 0 amide bonds. The van der Waals surface area contributed by atoms with Crippen LogP contribution in [0.1, 0.15) is 89.2 Å². The van der Waals surface area contributed by atoms with Gasteiger partial charge >= 0.3 is 5.97 Å². The first-order chi connectivity index (χ1) is 12.8. The number of carboxylic acids is 1. The third-order valence-electron chi connectivity index (χ3n) is 6.44. The van der Waals surface area contributed by atoms with Crippen LogP contribution in [-0.2, 0) is 10.2 Å². The van der Waals surface area contributed by atoms with Gasteiger partial charge in [0.1, 0.15) is 5.75 Å². The van der Waals surface area contributed by atoms with Gasteiger partial charge in [-0.05, 0) is 60.1 Å². The lowest BCUT2D eigenvalue weighted by Crippen LogP contribution is -2.29. The quantitative estimate of drug-likeness (QED) is 0.517. The van der Waals surface area contributed by atoms with Gasteiger partial charge in [-0.2, -0.15) is 0 Å². The van der Waals surface area contributed by atoms with E-state index in [0.29, 0.717) is 19.3 Å². The summed E-state index contributed by atoms with van der Waals surface area (Å²) in [7, 11) is 0. The molecule has 152 valence electrons. The molecule has 3 atom stereocenters. The molecular formula is C23H36O4. The van der Waals surface area contributed by atoms with Crippen LogP contribution in [0.25, 0.3) is 0 Å². The topological polar surface area (TPSA) is 77.8 Å². The highest BCUT2D eigenvalue weighted by molar-refractivity contribution is 5.70. The van der Waals surface area contributed by atoms with Crippen LogP contribution in [0, 0.1) is 11.8 Å². The fraction of sp³-hybridized carbons (Fsp3) is 0.696. The highest BCUT2D eigenvalue weighted by atomic mass is 16.4. The van der Waals surface area contributed by atoms with Crippen molar-refractivity contribution in [1.82, 2.24) is 0 Å². The number of unbranched alkanes of at least 4 members (excludes halogenated alkanes) is 3. The molecule has 27 heavy (non-hydrogen) atoms. The monoisotopic (exact) mass is 376 g/mol. The number of aliphatic hydroxyl groups excluding tert-OH is 1. The maximum atomic E-state index is 11.4. The normalized spacial score (nSPS) is 23.3. The van der Waals surface area contributed by atoms with Crippen molar-refractivity contribution in [3.8, 4) is 5.75 Å². The lowest BCUT2D eigenvalue weighted by molar-refractivity contribution is -0.143. The second-order valence-corrected chi connectivity index (χ2v) is 8.87. The number of hydrogen-bond donors (Lipinski definition) is 3.